The van der Waals surface area contributed by atoms with Crippen molar-refractivity contribution in [2.75, 3.05) is 20.2 Å². The van der Waals surface area contributed by atoms with Crippen LogP contribution in [0.1, 0.15) is 39.0 Å². The molecular weight excluding hydrogens is 592 g/mol. The summed E-state index contributed by atoms with van der Waals surface area (Å²) >= 11 is 0. The molecule has 18 nitrogen and oxygen atoms in total. The quantitative estimate of drug-likeness (QED) is 0.0780. The highest BCUT2D eigenvalue weighted by Gasteiger charge is 2.54. The molecule has 18 N–H and O–H groups in total. The van der Waals surface area contributed by atoms with Crippen molar-refractivity contribution in [1.29, 1.82) is 0 Å². The lowest BCUT2D eigenvalue weighted by Crippen LogP contribution is -2.69. The Hall–Kier alpha value is -2.81. The van der Waals surface area contributed by atoms with Gasteiger partial charge in [0.05, 0.1) is 55.4 Å². The average Bonchev–Trinajstić information content (AvgIpc) is 2.91. The van der Waals surface area contributed by atoms with E-state index in [9.17, 15) is 25.2 Å². The van der Waals surface area contributed by atoms with Crippen LogP contribution in [0.15, 0.2) is 21.8 Å². The maximum absolute atomic E-state index is 13.2. The minimum absolute atomic E-state index is 0.0986. The first-order chi connectivity index (χ1) is 21.1. The Bertz CT molecular complexity index is 1140. The molecule has 3 fully saturated rings. The fraction of sp³-hybridized carbons (Fsp3) is 0.815. The summed E-state index contributed by atoms with van der Waals surface area (Å²) in [6, 6.07) is -3.35. The number of hydrogen-bond acceptors (Lipinski definition) is 13. The van der Waals surface area contributed by atoms with Gasteiger partial charge in [0, 0.05) is 12.0 Å². The Labute approximate surface area is 261 Å². The van der Waals surface area contributed by atoms with Crippen LogP contribution >= 0.6 is 0 Å². The van der Waals surface area contributed by atoms with Gasteiger partial charge < -0.3 is 79.7 Å². The Kier molecular flexibility index (Phi) is 10.8. The number of nitrogens with one attached hydrogen (secondary N) is 2. The maximum Gasteiger partial charge on any atom is 0.223 e. The zero-order chi connectivity index (χ0) is 33.3. The van der Waals surface area contributed by atoms with Gasteiger partial charge >= 0.3 is 0 Å². The van der Waals surface area contributed by atoms with Gasteiger partial charge in [0.2, 0.25) is 5.91 Å². The number of aliphatic imine (C=N–C) groups is 2. The molecule has 1 saturated heterocycles. The third-order valence-electron chi connectivity index (χ3n) is 9.13. The van der Waals surface area contributed by atoms with Gasteiger partial charge in [-0.05, 0) is 45.7 Å². The van der Waals surface area contributed by atoms with Crippen LogP contribution in [0.2, 0.25) is 0 Å². The number of likely N-dealkylation sites (N-methyl/N-ethyl adjacent to an activating group) is 1. The molecule has 1 amide bonds. The van der Waals surface area contributed by atoms with Crippen molar-refractivity contribution in [3.63, 3.8) is 0 Å². The molecule has 11 atom stereocenters. The van der Waals surface area contributed by atoms with Crippen molar-refractivity contribution < 1.29 is 39.4 Å². The molecule has 0 aromatic heterocycles. The van der Waals surface area contributed by atoms with Crippen molar-refractivity contribution >= 4 is 17.8 Å². The Morgan fingerprint density at radius 1 is 1.13 bits per heavy atom. The lowest BCUT2D eigenvalue weighted by molar-refractivity contribution is -0.297. The second kappa shape index (κ2) is 13.9. The Morgan fingerprint density at radius 2 is 1.80 bits per heavy atom. The molecule has 2 aliphatic carbocycles. The summed E-state index contributed by atoms with van der Waals surface area (Å²) < 4.78 is 18.1. The summed E-state index contributed by atoms with van der Waals surface area (Å²) in [6.07, 6.45) is -3.64. The molecule has 0 aromatic carbocycles. The van der Waals surface area contributed by atoms with E-state index in [1.54, 1.807) is 13.1 Å². The van der Waals surface area contributed by atoms with Crippen molar-refractivity contribution in [2.24, 2.45) is 50.3 Å². The van der Waals surface area contributed by atoms with Crippen molar-refractivity contribution in [2.45, 2.75) is 111 Å². The minimum atomic E-state index is -1.42. The molecule has 2 saturated carbocycles. The van der Waals surface area contributed by atoms with Crippen LogP contribution in [0.3, 0.4) is 0 Å². The predicted octanol–water partition coefficient (Wildman–Crippen LogP) is -5.55. The molecule has 0 aromatic rings. The van der Waals surface area contributed by atoms with E-state index < -0.39 is 77.9 Å². The molecule has 0 bridgehead atoms. The lowest BCUT2D eigenvalue weighted by atomic mass is 9.72. The second-order valence-electron chi connectivity index (χ2n) is 12.9. The topological polar surface area (TPSA) is 331 Å². The van der Waals surface area contributed by atoms with Gasteiger partial charge in [-0.1, -0.05) is 0 Å². The number of amides is 1. The maximum atomic E-state index is 13.2. The van der Waals surface area contributed by atoms with E-state index in [-0.39, 0.29) is 56.8 Å². The van der Waals surface area contributed by atoms with Gasteiger partial charge in [-0.25, -0.2) is 4.99 Å². The lowest BCUT2D eigenvalue weighted by Gasteiger charge is -2.50. The highest BCUT2D eigenvalue weighted by Crippen LogP contribution is 2.39. The molecular formula is C27H50N10O8. The number of nitrogens with two attached hydrogens (primary N) is 6. The van der Waals surface area contributed by atoms with Gasteiger partial charge in [-0.15, -0.1) is 0 Å². The normalized spacial score (nSPS) is 43.2. The number of carbonyl (C=O) groups excluding carboxylic acids is 1. The SMILES string of the molecule is CNC1C(O)C(OC2C(NC(=O)CC3(O)CC(N=C(N)N)C3)CC(N)C(C3OC(CN)=CCC3N=C(N)N)C2O)OCC1(C)O. The van der Waals surface area contributed by atoms with Gasteiger partial charge in [0.25, 0.3) is 0 Å². The number of guanidine groups is 2. The van der Waals surface area contributed by atoms with Crippen LogP contribution in [0.25, 0.3) is 0 Å². The van der Waals surface area contributed by atoms with Crippen LogP contribution in [0, 0.1) is 5.92 Å². The number of nitrogens with zero attached hydrogens (tertiary/aromatic N) is 2. The van der Waals surface area contributed by atoms with E-state index in [0.717, 1.165) is 0 Å². The first-order valence-corrected chi connectivity index (χ1v) is 15.1. The average molecular weight is 643 g/mol. The molecule has 256 valence electrons. The summed E-state index contributed by atoms with van der Waals surface area (Å²) in [6.45, 7) is 1.43. The highest BCUT2D eigenvalue weighted by atomic mass is 16.7. The zero-order valence-electron chi connectivity index (χ0n) is 25.7. The molecule has 2 heterocycles. The first kappa shape index (κ1) is 35.1. The van der Waals surface area contributed by atoms with E-state index >= 15 is 0 Å². The van der Waals surface area contributed by atoms with Gasteiger partial charge in [-0.2, -0.15) is 0 Å². The van der Waals surface area contributed by atoms with Crippen LogP contribution in [0.4, 0.5) is 0 Å². The number of carbonyl (C=O) groups is 1. The van der Waals surface area contributed by atoms with E-state index in [2.05, 4.69) is 20.6 Å². The number of rotatable bonds is 10. The fourth-order valence-corrected chi connectivity index (χ4v) is 7.06. The fourth-order valence-electron chi connectivity index (χ4n) is 7.06. The number of ether oxygens (including phenoxy) is 3. The van der Waals surface area contributed by atoms with Crippen LogP contribution < -0.4 is 45.0 Å². The summed E-state index contributed by atoms with van der Waals surface area (Å²) in [4.78, 5) is 21.6. The van der Waals surface area contributed by atoms with Crippen molar-refractivity contribution in [3.8, 4) is 0 Å². The molecule has 0 spiro atoms. The molecule has 45 heavy (non-hydrogen) atoms. The zero-order valence-corrected chi connectivity index (χ0v) is 25.7. The van der Waals surface area contributed by atoms with Gasteiger partial charge in [-0.3, -0.25) is 9.79 Å². The summed E-state index contributed by atoms with van der Waals surface area (Å²) in [7, 11) is 1.58. The molecule has 4 rings (SSSR count). The second-order valence-corrected chi connectivity index (χ2v) is 12.9. The summed E-state index contributed by atoms with van der Waals surface area (Å²) in [5.41, 5.74) is 32.0. The Balaban J connectivity index is 1.58. The molecule has 0 radical (unpaired) electrons. The number of aliphatic hydroxyl groups is 4. The van der Waals surface area contributed by atoms with E-state index in [1.165, 1.54) is 6.92 Å². The summed E-state index contributed by atoms with van der Waals surface area (Å²) in [5.74, 6) is -1.12. The van der Waals surface area contributed by atoms with Gasteiger partial charge in [0.15, 0.2) is 18.2 Å². The van der Waals surface area contributed by atoms with Crippen LogP contribution in [0.5, 0.6) is 0 Å². The molecule has 2 aliphatic heterocycles. The monoisotopic (exact) mass is 642 g/mol. The van der Waals surface area contributed by atoms with E-state index in [4.69, 9.17) is 48.6 Å². The van der Waals surface area contributed by atoms with Crippen molar-refractivity contribution in [3.05, 3.63) is 11.8 Å². The first-order valence-electron chi connectivity index (χ1n) is 15.1. The van der Waals surface area contributed by atoms with E-state index in [1.807, 2.05) is 0 Å². The molecule has 18 heteroatoms. The minimum Gasteiger partial charge on any atom is -0.491 e. The summed E-state index contributed by atoms with van der Waals surface area (Å²) in [5, 5.41) is 50.3. The molecule has 4 aliphatic rings. The van der Waals surface area contributed by atoms with Crippen molar-refractivity contribution in [1.82, 2.24) is 10.6 Å². The van der Waals surface area contributed by atoms with Crippen LogP contribution in [-0.4, -0.2) is 131 Å². The highest BCUT2D eigenvalue weighted by molar-refractivity contribution is 5.78. The number of hydrogen-bond donors (Lipinski definition) is 12. The predicted molar refractivity (Wildman–Crippen MR) is 163 cm³/mol. The Morgan fingerprint density at radius 3 is 2.40 bits per heavy atom. The smallest absolute Gasteiger partial charge is 0.223 e. The van der Waals surface area contributed by atoms with Gasteiger partial charge in [0.1, 0.15) is 29.7 Å². The standard InChI is InChI=1S/C27H50N10O8/c1-26(41)10-43-23(19(40)22(26)34-2)45-21-15(36-16(38)8-27(42)6-11(7-27)35-24(30)31)5-13(29)17(18(21)39)20-14(37-25(32)33)4-3-12(9-28)44-20/h3,11,13-15,17-23,34,39-42H,4-10,28-29H2,1-2H3,(H,36,38)(H4,30,31,35)(H4,32,33,37). The largest absolute Gasteiger partial charge is 0.491 e. The molecule has 11 unspecified atom stereocenters. The van der Waals surface area contributed by atoms with E-state index in [0.29, 0.717) is 12.2 Å². The third kappa shape index (κ3) is 7.95. The number of aliphatic hydroxyl groups excluding tert-OH is 2. The van der Waals surface area contributed by atoms with Crippen LogP contribution in [-0.2, 0) is 19.0 Å². The third-order valence-corrected chi connectivity index (χ3v) is 9.13.